The molecule has 1 saturated heterocycles. The molecule has 6 rings (SSSR count). The monoisotopic (exact) mass is 532 g/mol. The minimum absolute atomic E-state index is 0.200. The lowest BCUT2D eigenvalue weighted by molar-refractivity contribution is -0.152. The van der Waals surface area contributed by atoms with E-state index in [9.17, 15) is 9.90 Å². The predicted octanol–water partition coefficient (Wildman–Crippen LogP) is 4.65. The maximum absolute atomic E-state index is 15.3. The van der Waals surface area contributed by atoms with Crippen molar-refractivity contribution in [3.8, 4) is 11.5 Å². The fraction of sp³-hybridized carbons (Fsp3) is 0.444. The maximum Gasteiger partial charge on any atom is 0.380 e. The van der Waals surface area contributed by atoms with Crippen molar-refractivity contribution in [2.24, 2.45) is 5.41 Å². The summed E-state index contributed by atoms with van der Waals surface area (Å²) in [5.41, 5.74) is 0.942. The topological polar surface area (TPSA) is 84.2 Å². The molecule has 1 amide bonds. The lowest BCUT2D eigenvalue weighted by Gasteiger charge is -2.57. The van der Waals surface area contributed by atoms with Gasteiger partial charge in [-0.2, -0.15) is 8.78 Å². The Morgan fingerprint density at radius 2 is 1.86 bits per heavy atom. The Labute approximate surface area is 217 Å². The van der Waals surface area contributed by atoms with E-state index in [1.165, 1.54) is 24.6 Å². The fourth-order valence-corrected chi connectivity index (χ4v) is 5.72. The molecule has 1 saturated carbocycles. The van der Waals surface area contributed by atoms with E-state index in [0.717, 1.165) is 32.0 Å². The molecule has 0 bridgehead atoms. The van der Waals surface area contributed by atoms with Crippen molar-refractivity contribution >= 4 is 28.5 Å². The number of fused-ring (bicyclic) bond motifs is 2. The predicted molar refractivity (Wildman–Crippen MR) is 132 cm³/mol. The number of furan rings is 1. The SMILES string of the molecule is O=C(N[C@H](CN1CC2(CCC2)C1)[C@H](O)c1ccc2c(c1)OCCO2)C(F)(F)c1cc2cc(Cl)ccc2o1. The Bertz CT molecular complexity index is 1330. The van der Waals surface area contributed by atoms with Gasteiger partial charge in [-0.05, 0) is 60.2 Å². The van der Waals surface area contributed by atoms with Crippen LogP contribution in [0.25, 0.3) is 11.0 Å². The van der Waals surface area contributed by atoms with Crippen LogP contribution < -0.4 is 14.8 Å². The molecule has 7 nitrogen and oxygen atoms in total. The number of amides is 1. The number of hydrogen-bond donors (Lipinski definition) is 2. The quantitative estimate of drug-likeness (QED) is 0.461. The van der Waals surface area contributed by atoms with Crippen LogP contribution in [0.4, 0.5) is 8.78 Å². The van der Waals surface area contributed by atoms with Gasteiger partial charge in [-0.25, -0.2) is 0 Å². The minimum Gasteiger partial charge on any atom is -0.486 e. The molecule has 1 aliphatic carbocycles. The van der Waals surface area contributed by atoms with E-state index in [0.29, 0.717) is 46.1 Å². The van der Waals surface area contributed by atoms with Gasteiger partial charge in [0.15, 0.2) is 17.3 Å². The van der Waals surface area contributed by atoms with Crippen molar-refractivity contribution in [3.05, 3.63) is 58.8 Å². The minimum atomic E-state index is -3.96. The first-order valence-corrected chi connectivity index (χ1v) is 12.8. The molecule has 1 aromatic heterocycles. The van der Waals surface area contributed by atoms with E-state index in [1.807, 2.05) is 0 Å². The first kappa shape index (κ1) is 24.5. The molecule has 2 fully saturated rings. The number of halogens is 3. The Morgan fingerprint density at radius 1 is 1.11 bits per heavy atom. The van der Waals surface area contributed by atoms with Gasteiger partial charge >= 0.3 is 5.92 Å². The molecule has 2 aliphatic heterocycles. The van der Waals surface area contributed by atoms with E-state index >= 15 is 8.78 Å². The molecule has 0 unspecified atom stereocenters. The molecule has 2 aromatic carbocycles. The molecule has 37 heavy (non-hydrogen) atoms. The van der Waals surface area contributed by atoms with Crippen LogP contribution >= 0.6 is 11.6 Å². The van der Waals surface area contributed by atoms with Crippen LogP contribution in [-0.2, 0) is 10.7 Å². The smallest absolute Gasteiger partial charge is 0.380 e. The first-order valence-electron chi connectivity index (χ1n) is 12.4. The van der Waals surface area contributed by atoms with Crippen molar-refractivity contribution in [3.63, 3.8) is 0 Å². The summed E-state index contributed by atoms with van der Waals surface area (Å²) in [6.07, 6.45) is 2.25. The normalized spacial score (nSPS) is 20.2. The first-order chi connectivity index (χ1) is 17.7. The zero-order valence-corrected chi connectivity index (χ0v) is 20.8. The van der Waals surface area contributed by atoms with E-state index < -0.39 is 29.7 Å². The molecule has 1 spiro atoms. The number of hydrogen-bond acceptors (Lipinski definition) is 6. The number of aliphatic hydroxyl groups is 1. The number of carbonyl (C=O) groups excluding carboxylic acids is 1. The van der Waals surface area contributed by atoms with Gasteiger partial charge in [0.05, 0.1) is 6.04 Å². The Kier molecular flexibility index (Phi) is 6.05. The summed E-state index contributed by atoms with van der Waals surface area (Å²) in [5, 5.41) is 14.4. The van der Waals surface area contributed by atoms with Crippen molar-refractivity contribution in [2.45, 2.75) is 37.3 Å². The van der Waals surface area contributed by atoms with Crippen molar-refractivity contribution in [2.75, 3.05) is 32.8 Å². The number of aliphatic hydroxyl groups excluding tert-OH is 1. The molecule has 2 N–H and O–H groups in total. The summed E-state index contributed by atoms with van der Waals surface area (Å²) in [4.78, 5) is 15.0. The molecular formula is C27H27ClF2N2O5. The molecule has 0 radical (unpaired) electrons. The van der Waals surface area contributed by atoms with Gasteiger partial charge in [0, 0.05) is 30.0 Å². The molecule has 10 heteroatoms. The molecule has 2 atom stereocenters. The zero-order valence-electron chi connectivity index (χ0n) is 20.0. The summed E-state index contributed by atoms with van der Waals surface area (Å²) in [6.45, 7) is 2.68. The fourth-order valence-electron chi connectivity index (χ4n) is 5.54. The van der Waals surface area contributed by atoms with Gasteiger partial charge in [-0.15, -0.1) is 0 Å². The summed E-state index contributed by atoms with van der Waals surface area (Å²) in [5.74, 6) is -5.27. The second kappa shape index (κ2) is 9.15. The Hall–Kier alpha value is -2.88. The van der Waals surface area contributed by atoms with E-state index in [4.69, 9.17) is 25.5 Å². The lowest BCUT2D eigenvalue weighted by atomic mass is 9.63. The number of alkyl halides is 2. The van der Waals surface area contributed by atoms with Crippen LogP contribution in [0.3, 0.4) is 0 Å². The number of nitrogens with one attached hydrogen (secondary N) is 1. The highest BCUT2D eigenvalue weighted by molar-refractivity contribution is 6.31. The van der Waals surface area contributed by atoms with E-state index in [1.54, 1.807) is 18.2 Å². The van der Waals surface area contributed by atoms with Crippen molar-refractivity contribution < 1.29 is 32.6 Å². The van der Waals surface area contributed by atoms with Crippen LogP contribution in [0.2, 0.25) is 5.02 Å². The van der Waals surface area contributed by atoms with Gasteiger partial charge in [-0.3, -0.25) is 9.69 Å². The molecule has 196 valence electrons. The number of benzene rings is 2. The number of rotatable bonds is 7. The highest BCUT2D eigenvalue weighted by atomic mass is 35.5. The number of nitrogens with zero attached hydrogens (tertiary/aromatic N) is 1. The van der Waals surface area contributed by atoms with Crippen LogP contribution in [0.1, 0.15) is 36.7 Å². The Morgan fingerprint density at radius 3 is 2.59 bits per heavy atom. The van der Waals surface area contributed by atoms with Crippen LogP contribution in [0.15, 0.2) is 46.9 Å². The third kappa shape index (κ3) is 4.53. The van der Waals surface area contributed by atoms with Gasteiger partial charge < -0.3 is 24.3 Å². The van der Waals surface area contributed by atoms with Gasteiger partial charge in [-0.1, -0.05) is 24.1 Å². The third-order valence-electron chi connectivity index (χ3n) is 7.67. The number of ether oxygens (including phenoxy) is 2. The number of carbonyl (C=O) groups is 1. The number of likely N-dealkylation sites (tertiary alicyclic amines) is 1. The average Bonchev–Trinajstić information content (AvgIpc) is 3.27. The summed E-state index contributed by atoms with van der Waals surface area (Å²) < 4.78 is 47.0. The third-order valence-corrected chi connectivity index (χ3v) is 7.90. The molecule has 3 heterocycles. The molecule has 3 aliphatic rings. The van der Waals surface area contributed by atoms with Crippen LogP contribution in [0, 0.1) is 5.41 Å². The van der Waals surface area contributed by atoms with Gasteiger partial charge in [0.25, 0.3) is 5.91 Å². The standard InChI is InChI=1S/C27H27ClF2N2O5/c28-18-3-5-20-17(10-18)12-23(37-20)27(29,30)25(34)31-19(13-32-14-26(15-32)6-1-7-26)24(33)16-2-4-21-22(11-16)36-9-8-35-21/h2-5,10-12,19,24,33H,1,6-9,13-15H2,(H,31,34)/t19-,24-/m1/s1. The average molecular weight is 533 g/mol. The second-order valence-electron chi connectivity index (χ2n) is 10.3. The summed E-state index contributed by atoms with van der Waals surface area (Å²) in [7, 11) is 0. The van der Waals surface area contributed by atoms with Gasteiger partial charge in [0.2, 0.25) is 0 Å². The van der Waals surface area contributed by atoms with Crippen molar-refractivity contribution in [1.29, 1.82) is 0 Å². The summed E-state index contributed by atoms with van der Waals surface area (Å²) in [6, 6.07) is 9.57. The van der Waals surface area contributed by atoms with Crippen molar-refractivity contribution in [1.82, 2.24) is 10.2 Å². The largest absolute Gasteiger partial charge is 0.486 e. The van der Waals surface area contributed by atoms with E-state index in [-0.39, 0.29) is 12.1 Å². The lowest BCUT2D eigenvalue weighted by Crippen LogP contribution is -2.63. The Balaban J connectivity index is 1.24. The maximum atomic E-state index is 15.3. The summed E-state index contributed by atoms with van der Waals surface area (Å²) >= 11 is 5.96. The second-order valence-corrected chi connectivity index (χ2v) is 10.8. The molecule has 3 aromatic rings. The highest BCUT2D eigenvalue weighted by Crippen LogP contribution is 2.48. The highest BCUT2D eigenvalue weighted by Gasteiger charge is 2.49. The van der Waals surface area contributed by atoms with Crippen LogP contribution in [-0.4, -0.2) is 54.8 Å². The van der Waals surface area contributed by atoms with Crippen LogP contribution in [0.5, 0.6) is 11.5 Å². The van der Waals surface area contributed by atoms with Gasteiger partial charge in [0.1, 0.15) is 24.9 Å². The zero-order chi connectivity index (χ0) is 25.8. The molecular weight excluding hydrogens is 506 g/mol. The van der Waals surface area contributed by atoms with E-state index in [2.05, 4.69) is 10.2 Å².